The van der Waals surface area contributed by atoms with E-state index in [9.17, 15) is 4.79 Å². The van der Waals surface area contributed by atoms with Crippen molar-refractivity contribution in [1.29, 1.82) is 0 Å². The van der Waals surface area contributed by atoms with Crippen molar-refractivity contribution in [2.75, 3.05) is 0 Å². The summed E-state index contributed by atoms with van der Waals surface area (Å²) in [5, 5.41) is 4.99. The van der Waals surface area contributed by atoms with Gasteiger partial charge in [-0.1, -0.05) is 12.1 Å². The highest BCUT2D eigenvalue weighted by Gasteiger charge is 2.14. The van der Waals surface area contributed by atoms with Crippen LogP contribution in [0.25, 0.3) is 5.69 Å². The van der Waals surface area contributed by atoms with Crippen LogP contribution in [-0.2, 0) is 0 Å². The fraction of sp³-hybridized carbons (Fsp3) is 0.176. The topological polar surface area (TPSA) is 46.9 Å². The van der Waals surface area contributed by atoms with Crippen molar-refractivity contribution in [2.45, 2.75) is 19.9 Å². The van der Waals surface area contributed by atoms with Crippen LogP contribution in [0.15, 0.2) is 54.4 Å². The van der Waals surface area contributed by atoms with Gasteiger partial charge in [0.2, 0.25) is 0 Å². The number of hydrogen-bond acceptors (Lipinski definition) is 3. The molecule has 1 unspecified atom stereocenters. The van der Waals surface area contributed by atoms with Crippen LogP contribution in [0, 0.1) is 6.92 Å². The van der Waals surface area contributed by atoms with E-state index in [1.54, 1.807) is 12.5 Å². The van der Waals surface area contributed by atoms with Crippen LogP contribution in [-0.4, -0.2) is 15.5 Å². The summed E-state index contributed by atoms with van der Waals surface area (Å²) >= 11 is 1.47. The Morgan fingerprint density at radius 2 is 2.05 bits per heavy atom. The fourth-order valence-corrected chi connectivity index (χ4v) is 3.13. The minimum absolute atomic E-state index is 0.0151. The number of amides is 1. The second kappa shape index (κ2) is 6.15. The number of carbonyl (C=O) groups excluding carboxylic acids is 1. The Bertz CT molecular complexity index is 760. The maximum Gasteiger partial charge on any atom is 0.262 e. The number of imidazole rings is 1. The highest BCUT2D eigenvalue weighted by Crippen LogP contribution is 2.19. The zero-order valence-electron chi connectivity index (χ0n) is 12.5. The molecule has 5 heteroatoms. The molecule has 1 amide bonds. The van der Waals surface area contributed by atoms with Gasteiger partial charge in [-0.15, -0.1) is 11.3 Å². The van der Waals surface area contributed by atoms with Crippen molar-refractivity contribution >= 4 is 17.2 Å². The smallest absolute Gasteiger partial charge is 0.262 e. The van der Waals surface area contributed by atoms with Crippen LogP contribution < -0.4 is 5.32 Å². The van der Waals surface area contributed by atoms with E-state index in [0.29, 0.717) is 0 Å². The molecule has 2 heterocycles. The quantitative estimate of drug-likeness (QED) is 0.798. The summed E-state index contributed by atoms with van der Waals surface area (Å²) in [6.45, 7) is 3.95. The second-order valence-electron chi connectivity index (χ2n) is 5.19. The van der Waals surface area contributed by atoms with Gasteiger partial charge in [0.15, 0.2) is 0 Å². The molecule has 0 aliphatic heterocycles. The van der Waals surface area contributed by atoms with Crippen molar-refractivity contribution in [3.05, 3.63) is 70.4 Å². The van der Waals surface area contributed by atoms with Gasteiger partial charge in [0.05, 0.1) is 17.2 Å². The molecule has 3 rings (SSSR count). The van der Waals surface area contributed by atoms with E-state index in [0.717, 1.165) is 21.7 Å². The van der Waals surface area contributed by atoms with Crippen LogP contribution in [0.2, 0.25) is 0 Å². The van der Waals surface area contributed by atoms with Crippen molar-refractivity contribution < 1.29 is 4.79 Å². The summed E-state index contributed by atoms with van der Waals surface area (Å²) in [7, 11) is 0. The predicted octanol–water partition coefficient (Wildman–Crippen LogP) is 3.73. The molecule has 0 aliphatic rings. The van der Waals surface area contributed by atoms with Gasteiger partial charge in [-0.3, -0.25) is 4.79 Å². The van der Waals surface area contributed by atoms with E-state index in [4.69, 9.17) is 0 Å². The molecular formula is C17H17N3OS. The van der Waals surface area contributed by atoms with E-state index in [1.165, 1.54) is 11.3 Å². The van der Waals surface area contributed by atoms with Gasteiger partial charge in [-0.05, 0) is 48.6 Å². The van der Waals surface area contributed by atoms with Crippen molar-refractivity contribution in [1.82, 2.24) is 14.9 Å². The van der Waals surface area contributed by atoms with Crippen molar-refractivity contribution in [2.24, 2.45) is 0 Å². The zero-order valence-corrected chi connectivity index (χ0v) is 13.3. The lowest BCUT2D eigenvalue weighted by atomic mass is 10.1. The Hall–Kier alpha value is -2.40. The number of nitrogens with zero attached hydrogens (tertiary/aromatic N) is 2. The Morgan fingerprint density at radius 3 is 2.64 bits per heavy atom. The molecule has 0 radical (unpaired) electrons. The maximum atomic E-state index is 12.3. The average molecular weight is 311 g/mol. The molecule has 112 valence electrons. The largest absolute Gasteiger partial charge is 0.345 e. The number of hydrogen-bond donors (Lipinski definition) is 1. The number of nitrogens with one attached hydrogen (secondary N) is 1. The molecule has 1 N–H and O–H groups in total. The molecule has 22 heavy (non-hydrogen) atoms. The first-order chi connectivity index (χ1) is 10.6. The number of rotatable bonds is 4. The first-order valence-corrected chi connectivity index (χ1v) is 7.96. The molecule has 3 aromatic rings. The molecule has 4 nitrogen and oxygen atoms in total. The van der Waals surface area contributed by atoms with Crippen LogP contribution in [0.3, 0.4) is 0 Å². The van der Waals surface area contributed by atoms with Gasteiger partial charge in [0, 0.05) is 18.1 Å². The first-order valence-electron chi connectivity index (χ1n) is 7.08. The van der Waals surface area contributed by atoms with Crippen molar-refractivity contribution in [3.8, 4) is 5.69 Å². The minimum atomic E-state index is -0.0363. The lowest BCUT2D eigenvalue weighted by molar-refractivity contribution is 0.0943. The Balaban J connectivity index is 1.71. The number of aryl methyl sites for hydroxylation is 1. The van der Waals surface area contributed by atoms with Gasteiger partial charge in [0.1, 0.15) is 0 Å². The molecule has 0 bridgehead atoms. The summed E-state index contributed by atoms with van der Waals surface area (Å²) in [6.07, 6.45) is 5.42. The monoisotopic (exact) mass is 311 g/mol. The van der Waals surface area contributed by atoms with Crippen molar-refractivity contribution in [3.63, 3.8) is 0 Å². The average Bonchev–Trinajstić information content (AvgIpc) is 3.18. The molecule has 1 atom stereocenters. The lowest BCUT2D eigenvalue weighted by Gasteiger charge is -2.15. The Morgan fingerprint density at radius 1 is 1.27 bits per heavy atom. The molecule has 0 saturated carbocycles. The van der Waals surface area contributed by atoms with E-state index in [1.807, 2.05) is 60.3 Å². The van der Waals surface area contributed by atoms with Crippen LogP contribution in [0.4, 0.5) is 0 Å². The van der Waals surface area contributed by atoms with Gasteiger partial charge < -0.3 is 9.88 Å². The number of carbonyl (C=O) groups is 1. The standard InChI is InChI=1S/C17H17N3OS/c1-12-7-10-22-16(12)17(21)19-13(2)14-3-5-15(6-4-14)20-9-8-18-11-20/h3-11,13H,1-2H3,(H,19,21). The van der Waals surface area contributed by atoms with Crippen LogP contribution >= 0.6 is 11.3 Å². The molecule has 0 fully saturated rings. The second-order valence-corrected chi connectivity index (χ2v) is 6.11. The highest BCUT2D eigenvalue weighted by atomic mass is 32.1. The summed E-state index contributed by atoms with van der Waals surface area (Å²) in [5.74, 6) is -0.0151. The van der Waals surface area contributed by atoms with Crippen LogP contribution in [0.1, 0.15) is 33.8 Å². The summed E-state index contributed by atoms with van der Waals surface area (Å²) < 4.78 is 1.95. The molecule has 0 aliphatic carbocycles. The zero-order chi connectivity index (χ0) is 15.5. The first kappa shape index (κ1) is 14.5. The summed E-state index contributed by atoms with van der Waals surface area (Å²) in [5.41, 5.74) is 3.14. The van der Waals surface area contributed by atoms with Gasteiger partial charge in [-0.25, -0.2) is 4.98 Å². The van der Waals surface area contributed by atoms with Gasteiger partial charge in [-0.2, -0.15) is 0 Å². The summed E-state index contributed by atoms with van der Waals surface area (Å²) in [4.78, 5) is 17.1. The van der Waals surface area contributed by atoms with Gasteiger partial charge >= 0.3 is 0 Å². The van der Waals surface area contributed by atoms with Crippen LogP contribution in [0.5, 0.6) is 0 Å². The molecule has 1 aromatic carbocycles. The predicted molar refractivity (Wildman–Crippen MR) is 88.5 cm³/mol. The number of thiophene rings is 1. The Kier molecular flexibility index (Phi) is 4.06. The number of benzene rings is 1. The normalized spacial score (nSPS) is 12.1. The highest BCUT2D eigenvalue weighted by molar-refractivity contribution is 7.12. The molecule has 2 aromatic heterocycles. The maximum absolute atomic E-state index is 12.3. The van der Waals surface area contributed by atoms with E-state index >= 15 is 0 Å². The third kappa shape index (κ3) is 2.94. The lowest BCUT2D eigenvalue weighted by Crippen LogP contribution is -2.26. The fourth-order valence-electron chi connectivity index (χ4n) is 2.30. The van der Waals surface area contributed by atoms with Gasteiger partial charge in [0.25, 0.3) is 5.91 Å². The summed E-state index contributed by atoms with van der Waals surface area (Å²) in [6, 6.07) is 10.0. The van der Waals surface area contributed by atoms with E-state index < -0.39 is 0 Å². The third-order valence-corrected chi connectivity index (χ3v) is 4.63. The SMILES string of the molecule is Cc1ccsc1C(=O)NC(C)c1ccc(-n2ccnc2)cc1. The number of aromatic nitrogens is 2. The molecule has 0 saturated heterocycles. The molecular weight excluding hydrogens is 294 g/mol. The minimum Gasteiger partial charge on any atom is -0.345 e. The third-order valence-electron chi connectivity index (χ3n) is 3.61. The molecule has 0 spiro atoms. The Labute approximate surface area is 133 Å². The van der Waals surface area contributed by atoms with E-state index in [2.05, 4.69) is 10.3 Å². The van der Waals surface area contributed by atoms with E-state index in [-0.39, 0.29) is 11.9 Å².